The van der Waals surface area contributed by atoms with Crippen molar-refractivity contribution in [2.45, 2.75) is 31.4 Å². The van der Waals surface area contributed by atoms with Crippen molar-refractivity contribution >= 4 is 5.91 Å². The number of hydrogen-bond donors (Lipinski definition) is 1. The summed E-state index contributed by atoms with van der Waals surface area (Å²) in [5, 5.41) is 9.95. The highest BCUT2D eigenvalue weighted by atomic mass is 19.2. The third-order valence-electron chi connectivity index (χ3n) is 4.70. The normalized spacial score (nSPS) is 26.4. The van der Waals surface area contributed by atoms with Crippen molar-refractivity contribution in [3.63, 3.8) is 0 Å². The highest BCUT2D eigenvalue weighted by molar-refractivity contribution is 5.94. The Morgan fingerprint density at radius 2 is 1.86 bits per heavy atom. The lowest BCUT2D eigenvalue weighted by Gasteiger charge is -2.39. The number of aliphatic hydroxyl groups is 1. The van der Waals surface area contributed by atoms with E-state index in [0.717, 1.165) is 25.3 Å². The number of halogens is 2. The molecule has 1 aromatic carbocycles. The Labute approximate surface area is 128 Å². The fourth-order valence-corrected chi connectivity index (χ4v) is 3.44. The molecule has 120 valence electrons. The fourth-order valence-electron chi connectivity index (χ4n) is 3.44. The molecule has 4 nitrogen and oxygen atoms in total. The van der Waals surface area contributed by atoms with Gasteiger partial charge < -0.3 is 10.0 Å². The van der Waals surface area contributed by atoms with Gasteiger partial charge in [-0.15, -0.1) is 0 Å². The van der Waals surface area contributed by atoms with Crippen LogP contribution in [0.5, 0.6) is 0 Å². The zero-order valence-electron chi connectivity index (χ0n) is 12.3. The Balaban J connectivity index is 1.63. The largest absolute Gasteiger partial charge is 0.391 e. The highest BCUT2D eigenvalue weighted by Crippen LogP contribution is 2.25. The predicted octanol–water partition coefficient (Wildman–Crippen LogP) is 1.64. The van der Waals surface area contributed by atoms with Gasteiger partial charge in [0.1, 0.15) is 0 Å². The van der Waals surface area contributed by atoms with Crippen LogP contribution in [0.1, 0.15) is 29.6 Å². The Hall–Kier alpha value is -1.53. The number of rotatable bonds is 2. The van der Waals surface area contributed by atoms with Gasteiger partial charge in [0.2, 0.25) is 0 Å². The first-order chi connectivity index (χ1) is 10.6. The number of nitrogens with zero attached hydrogens (tertiary/aromatic N) is 2. The summed E-state index contributed by atoms with van der Waals surface area (Å²) in [5.41, 5.74) is -0.214. The Kier molecular flexibility index (Phi) is 4.40. The SMILES string of the molecule is O=C(c1cccc(F)c1F)N1CCN([C@H]2CCC[C@@H]2O)CC1. The molecule has 2 atom stereocenters. The van der Waals surface area contributed by atoms with Gasteiger partial charge in [-0.2, -0.15) is 0 Å². The van der Waals surface area contributed by atoms with Crippen LogP contribution in [0.25, 0.3) is 0 Å². The van der Waals surface area contributed by atoms with Crippen molar-refractivity contribution in [3.8, 4) is 0 Å². The minimum atomic E-state index is -1.08. The average molecular weight is 310 g/mol. The summed E-state index contributed by atoms with van der Waals surface area (Å²) >= 11 is 0. The first kappa shape index (κ1) is 15.4. The van der Waals surface area contributed by atoms with Crippen LogP contribution in [-0.2, 0) is 0 Å². The molecule has 1 aromatic rings. The summed E-state index contributed by atoms with van der Waals surface area (Å²) < 4.78 is 26.9. The van der Waals surface area contributed by atoms with Gasteiger partial charge in [-0.05, 0) is 31.4 Å². The van der Waals surface area contributed by atoms with E-state index in [9.17, 15) is 18.7 Å². The molecule has 0 unspecified atom stereocenters. The zero-order valence-corrected chi connectivity index (χ0v) is 12.3. The molecule has 0 aromatic heterocycles. The van der Waals surface area contributed by atoms with Crippen LogP contribution in [0.15, 0.2) is 18.2 Å². The molecule has 1 saturated carbocycles. The van der Waals surface area contributed by atoms with Crippen molar-refractivity contribution in [3.05, 3.63) is 35.4 Å². The van der Waals surface area contributed by atoms with E-state index in [1.54, 1.807) is 4.90 Å². The lowest BCUT2D eigenvalue weighted by molar-refractivity contribution is 0.0313. The van der Waals surface area contributed by atoms with Crippen molar-refractivity contribution < 1.29 is 18.7 Å². The number of piperazine rings is 1. The molecule has 2 fully saturated rings. The highest BCUT2D eigenvalue weighted by Gasteiger charge is 2.33. The smallest absolute Gasteiger partial charge is 0.257 e. The molecule has 0 spiro atoms. The number of hydrogen-bond acceptors (Lipinski definition) is 3. The number of carbonyl (C=O) groups is 1. The van der Waals surface area contributed by atoms with Crippen molar-refractivity contribution in [1.29, 1.82) is 0 Å². The molecule has 3 rings (SSSR count). The third kappa shape index (κ3) is 2.85. The second-order valence-electron chi connectivity index (χ2n) is 6.00. The molecule has 0 bridgehead atoms. The van der Waals surface area contributed by atoms with Crippen molar-refractivity contribution in [2.24, 2.45) is 0 Å². The molecular formula is C16H20F2N2O2. The van der Waals surface area contributed by atoms with Crippen molar-refractivity contribution in [2.75, 3.05) is 26.2 Å². The van der Waals surface area contributed by atoms with Crippen LogP contribution >= 0.6 is 0 Å². The van der Waals surface area contributed by atoms with E-state index in [2.05, 4.69) is 4.90 Å². The Morgan fingerprint density at radius 3 is 2.50 bits per heavy atom. The van der Waals surface area contributed by atoms with E-state index in [1.165, 1.54) is 12.1 Å². The van der Waals surface area contributed by atoms with Crippen LogP contribution < -0.4 is 0 Å². The van der Waals surface area contributed by atoms with Crippen LogP contribution in [-0.4, -0.2) is 59.1 Å². The summed E-state index contributed by atoms with van der Waals surface area (Å²) in [6.45, 7) is 2.25. The van der Waals surface area contributed by atoms with E-state index < -0.39 is 17.5 Å². The quantitative estimate of drug-likeness (QED) is 0.903. The van der Waals surface area contributed by atoms with Crippen LogP contribution in [0.2, 0.25) is 0 Å². The van der Waals surface area contributed by atoms with Gasteiger partial charge in [-0.1, -0.05) is 6.07 Å². The maximum atomic E-state index is 13.7. The summed E-state index contributed by atoms with van der Waals surface area (Å²) in [6, 6.07) is 3.83. The monoisotopic (exact) mass is 310 g/mol. The van der Waals surface area contributed by atoms with Crippen LogP contribution in [0.3, 0.4) is 0 Å². The van der Waals surface area contributed by atoms with E-state index in [1.807, 2.05) is 0 Å². The van der Waals surface area contributed by atoms with Gasteiger partial charge in [0, 0.05) is 32.2 Å². The molecule has 1 amide bonds. The predicted molar refractivity (Wildman–Crippen MR) is 77.5 cm³/mol. The van der Waals surface area contributed by atoms with E-state index >= 15 is 0 Å². The maximum Gasteiger partial charge on any atom is 0.257 e. The molecular weight excluding hydrogens is 290 g/mol. The number of benzene rings is 1. The molecule has 1 aliphatic carbocycles. The molecule has 2 aliphatic rings. The van der Waals surface area contributed by atoms with Gasteiger partial charge in [0.05, 0.1) is 11.7 Å². The first-order valence-corrected chi connectivity index (χ1v) is 7.73. The summed E-state index contributed by atoms with van der Waals surface area (Å²) in [6.07, 6.45) is 2.55. The molecule has 1 heterocycles. The van der Waals surface area contributed by atoms with Gasteiger partial charge in [0.15, 0.2) is 11.6 Å². The topological polar surface area (TPSA) is 43.8 Å². The standard InChI is InChI=1S/C16H20F2N2O2/c17-12-4-1-3-11(15(12)18)16(22)20-9-7-19(8-10-20)13-5-2-6-14(13)21/h1,3-4,13-14,21H,2,5-10H2/t13-,14-/m0/s1. The number of amides is 1. The number of carbonyl (C=O) groups excluding carboxylic acids is 1. The second-order valence-corrected chi connectivity index (χ2v) is 6.00. The van der Waals surface area contributed by atoms with E-state index in [0.29, 0.717) is 26.2 Å². The van der Waals surface area contributed by atoms with Gasteiger partial charge in [0.25, 0.3) is 5.91 Å². The lowest BCUT2D eigenvalue weighted by Crippen LogP contribution is -2.53. The fraction of sp³-hybridized carbons (Fsp3) is 0.562. The van der Waals surface area contributed by atoms with Gasteiger partial charge in [-0.3, -0.25) is 9.69 Å². The third-order valence-corrected chi connectivity index (χ3v) is 4.70. The Bertz CT molecular complexity index is 559. The molecule has 6 heteroatoms. The summed E-state index contributed by atoms with van der Waals surface area (Å²) in [4.78, 5) is 16.1. The summed E-state index contributed by atoms with van der Waals surface area (Å²) in [7, 11) is 0. The van der Waals surface area contributed by atoms with Crippen LogP contribution in [0, 0.1) is 11.6 Å². The summed E-state index contributed by atoms with van der Waals surface area (Å²) in [5.74, 6) is -2.55. The zero-order chi connectivity index (χ0) is 15.7. The Morgan fingerprint density at radius 1 is 1.14 bits per heavy atom. The molecule has 1 N–H and O–H groups in total. The van der Waals surface area contributed by atoms with Gasteiger partial charge >= 0.3 is 0 Å². The molecule has 22 heavy (non-hydrogen) atoms. The molecule has 1 aliphatic heterocycles. The second kappa shape index (κ2) is 6.30. The number of aliphatic hydroxyl groups excluding tert-OH is 1. The molecule has 0 radical (unpaired) electrons. The minimum absolute atomic E-state index is 0.170. The molecule has 1 saturated heterocycles. The minimum Gasteiger partial charge on any atom is -0.391 e. The van der Waals surface area contributed by atoms with E-state index in [-0.39, 0.29) is 17.7 Å². The lowest BCUT2D eigenvalue weighted by atomic mass is 10.1. The van der Waals surface area contributed by atoms with Crippen LogP contribution in [0.4, 0.5) is 8.78 Å². The average Bonchev–Trinajstić information content (AvgIpc) is 2.96. The van der Waals surface area contributed by atoms with Gasteiger partial charge in [-0.25, -0.2) is 8.78 Å². The first-order valence-electron chi connectivity index (χ1n) is 7.73. The van der Waals surface area contributed by atoms with Crippen molar-refractivity contribution in [1.82, 2.24) is 9.80 Å². The van der Waals surface area contributed by atoms with E-state index in [4.69, 9.17) is 0 Å². The maximum absolute atomic E-state index is 13.7.